The number of nitro groups is 1. The summed E-state index contributed by atoms with van der Waals surface area (Å²) in [5, 5.41) is 11.7. The molecule has 1 aromatic carbocycles. The van der Waals surface area contributed by atoms with Crippen LogP contribution in [0.4, 0.5) is 15.6 Å². The fourth-order valence-electron chi connectivity index (χ4n) is 2.87. The molecule has 1 aliphatic rings. The van der Waals surface area contributed by atoms with Crippen LogP contribution in [0.1, 0.15) is 27.2 Å². The molecule has 140 valence electrons. The molecule has 1 atom stereocenters. The lowest BCUT2D eigenvalue weighted by Gasteiger charge is -2.26. The first-order valence-corrected chi connectivity index (χ1v) is 9.21. The molecule has 1 aliphatic heterocycles. The lowest BCUT2D eigenvalue weighted by Crippen LogP contribution is -2.39. The number of non-ortho nitro benzene ring substituents is 1. The lowest BCUT2D eigenvalue weighted by atomic mass is 10.2. The van der Waals surface area contributed by atoms with Gasteiger partial charge in [0.2, 0.25) is 0 Å². The highest BCUT2D eigenvalue weighted by Gasteiger charge is 2.32. The van der Waals surface area contributed by atoms with Crippen molar-refractivity contribution in [3.05, 3.63) is 28.3 Å². The number of nitrogens with zero attached hydrogens (tertiary/aromatic N) is 4. The molecule has 0 bridgehead atoms. The average molecular weight is 378 g/mol. The van der Waals surface area contributed by atoms with Gasteiger partial charge in [0.25, 0.3) is 5.69 Å². The Labute approximate surface area is 155 Å². The molecule has 3 rings (SSSR count). The van der Waals surface area contributed by atoms with Crippen molar-refractivity contribution in [2.24, 2.45) is 0 Å². The zero-order chi connectivity index (χ0) is 19.1. The molecular weight excluding hydrogens is 356 g/mol. The molecule has 0 aliphatic carbocycles. The maximum atomic E-state index is 12.2. The molecule has 0 unspecified atom stereocenters. The highest BCUT2D eigenvalue weighted by atomic mass is 32.1. The number of aromatic nitrogens is 1. The SMILES string of the molecule is CN(c1nc2cc([N+](=O)[O-])ccc2s1)[C@@H]1CCN(C(=O)OC(C)(C)C)C1. The number of likely N-dealkylation sites (tertiary alicyclic amines) is 1. The summed E-state index contributed by atoms with van der Waals surface area (Å²) in [6, 6.07) is 4.84. The normalized spacial score (nSPS) is 17.5. The minimum Gasteiger partial charge on any atom is -0.444 e. The van der Waals surface area contributed by atoms with Crippen molar-refractivity contribution in [3.63, 3.8) is 0 Å². The van der Waals surface area contributed by atoms with Crippen LogP contribution in [0.2, 0.25) is 0 Å². The third-order valence-corrected chi connectivity index (χ3v) is 5.36. The number of anilines is 1. The van der Waals surface area contributed by atoms with E-state index in [-0.39, 0.29) is 17.8 Å². The number of hydrogen-bond acceptors (Lipinski definition) is 7. The number of ether oxygens (including phenoxy) is 1. The zero-order valence-electron chi connectivity index (χ0n) is 15.3. The quantitative estimate of drug-likeness (QED) is 0.598. The number of nitro benzene ring substituents is 1. The number of likely N-dealkylation sites (N-methyl/N-ethyl adjacent to an activating group) is 1. The van der Waals surface area contributed by atoms with Crippen LogP contribution < -0.4 is 4.90 Å². The first-order valence-electron chi connectivity index (χ1n) is 8.40. The molecule has 0 spiro atoms. The van der Waals surface area contributed by atoms with Crippen molar-refractivity contribution in [1.29, 1.82) is 0 Å². The predicted molar refractivity (Wildman–Crippen MR) is 101 cm³/mol. The van der Waals surface area contributed by atoms with Gasteiger partial charge in [0.05, 0.1) is 21.2 Å². The van der Waals surface area contributed by atoms with Crippen molar-refractivity contribution in [2.45, 2.75) is 38.8 Å². The van der Waals surface area contributed by atoms with Gasteiger partial charge in [-0.15, -0.1) is 0 Å². The summed E-state index contributed by atoms with van der Waals surface area (Å²) in [4.78, 5) is 31.0. The number of rotatable bonds is 3. The van der Waals surface area contributed by atoms with Gasteiger partial charge in [-0.2, -0.15) is 0 Å². The molecule has 9 heteroatoms. The Morgan fingerprint density at radius 2 is 2.19 bits per heavy atom. The van der Waals surface area contributed by atoms with Crippen LogP contribution in [0.3, 0.4) is 0 Å². The van der Waals surface area contributed by atoms with E-state index in [9.17, 15) is 14.9 Å². The number of fused-ring (bicyclic) bond motifs is 1. The summed E-state index contributed by atoms with van der Waals surface area (Å²) in [7, 11) is 1.94. The Hall–Kier alpha value is -2.42. The highest BCUT2D eigenvalue weighted by Crippen LogP contribution is 2.32. The Morgan fingerprint density at radius 1 is 1.46 bits per heavy atom. The van der Waals surface area contributed by atoms with Crippen molar-refractivity contribution < 1.29 is 14.5 Å². The molecule has 0 saturated carbocycles. The van der Waals surface area contributed by atoms with E-state index in [1.54, 1.807) is 11.0 Å². The summed E-state index contributed by atoms with van der Waals surface area (Å²) in [6.07, 6.45) is 0.527. The summed E-state index contributed by atoms with van der Waals surface area (Å²) in [6.45, 7) is 6.77. The van der Waals surface area contributed by atoms with E-state index in [0.717, 1.165) is 16.3 Å². The Morgan fingerprint density at radius 3 is 2.85 bits per heavy atom. The molecule has 2 aromatic rings. The molecule has 1 aromatic heterocycles. The zero-order valence-corrected chi connectivity index (χ0v) is 16.1. The summed E-state index contributed by atoms with van der Waals surface area (Å²) < 4.78 is 6.33. The van der Waals surface area contributed by atoms with Crippen LogP contribution in [-0.4, -0.2) is 52.7 Å². The number of carbonyl (C=O) groups excluding carboxylic acids is 1. The summed E-state index contributed by atoms with van der Waals surface area (Å²) in [5.41, 5.74) is 0.144. The maximum absolute atomic E-state index is 12.2. The smallest absolute Gasteiger partial charge is 0.410 e. The summed E-state index contributed by atoms with van der Waals surface area (Å²) >= 11 is 1.49. The third kappa shape index (κ3) is 3.87. The van der Waals surface area contributed by atoms with Gasteiger partial charge in [0.15, 0.2) is 5.13 Å². The topological polar surface area (TPSA) is 88.8 Å². The lowest BCUT2D eigenvalue weighted by molar-refractivity contribution is -0.384. The fraction of sp³-hybridized carbons (Fsp3) is 0.529. The average Bonchev–Trinajstić information content (AvgIpc) is 3.18. The van der Waals surface area contributed by atoms with Gasteiger partial charge < -0.3 is 14.5 Å². The van der Waals surface area contributed by atoms with E-state index in [1.807, 2.05) is 32.7 Å². The highest BCUT2D eigenvalue weighted by molar-refractivity contribution is 7.22. The Bertz CT molecular complexity index is 845. The van der Waals surface area contributed by atoms with Crippen LogP contribution in [0.15, 0.2) is 18.2 Å². The van der Waals surface area contributed by atoms with Crippen molar-refractivity contribution in [1.82, 2.24) is 9.88 Å². The van der Waals surface area contributed by atoms with Crippen LogP contribution >= 0.6 is 11.3 Å². The first kappa shape index (κ1) is 18.4. The van der Waals surface area contributed by atoms with Gasteiger partial charge in [-0.05, 0) is 33.3 Å². The van der Waals surface area contributed by atoms with Crippen LogP contribution in [0, 0.1) is 10.1 Å². The fourth-order valence-corrected chi connectivity index (χ4v) is 3.85. The Balaban J connectivity index is 1.72. The molecule has 0 N–H and O–H groups in total. The monoisotopic (exact) mass is 378 g/mol. The third-order valence-electron chi connectivity index (χ3n) is 4.24. The van der Waals surface area contributed by atoms with Crippen molar-refractivity contribution >= 4 is 38.5 Å². The minimum absolute atomic E-state index is 0.0361. The van der Waals surface area contributed by atoms with Crippen LogP contribution in [0.5, 0.6) is 0 Å². The van der Waals surface area contributed by atoms with Gasteiger partial charge in [-0.1, -0.05) is 11.3 Å². The molecule has 1 fully saturated rings. The van der Waals surface area contributed by atoms with E-state index in [1.165, 1.54) is 23.5 Å². The molecule has 2 heterocycles. The first-order chi connectivity index (χ1) is 12.1. The number of thiazole rings is 1. The maximum Gasteiger partial charge on any atom is 0.410 e. The van der Waals surface area contributed by atoms with Crippen LogP contribution in [-0.2, 0) is 4.74 Å². The van der Waals surface area contributed by atoms with Crippen molar-refractivity contribution in [3.8, 4) is 0 Å². The molecule has 8 nitrogen and oxygen atoms in total. The Kier molecular flexibility index (Phi) is 4.74. The van der Waals surface area contributed by atoms with Gasteiger partial charge in [-0.3, -0.25) is 10.1 Å². The predicted octanol–water partition coefficient (Wildman–Crippen LogP) is 3.65. The van der Waals surface area contributed by atoms with Gasteiger partial charge in [0.1, 0.15) is 5.60 Å². The molecule has 1 amide bonds. The minimum atomic E-state index is -0.511. The number of carbonyl (C=O) groups is 1. The number of amides is 1. The van der Waals surface area contributed by atoms with E-state index < -0.39 is 10.5 Å². The standard InChI is InChI=1S/C17H22N4O4S/c1-17(2,3)25-16(22)20-8-7-12(10-20)19(4)15-18-13-9-11(21(23)24)5-6-14(13)26-15/h5-6,9,12H,7-8,10H2,1-4H3/t12-/m1/s1. The molecular formula is C17H22N4O4S. The van der Waals surface area contributed by atoms with E-state index >= 15 is 0 Å². The van der Waals surface area contributed by atoms with Gasteiger partial charge in [0, 0.05) is 32.3 Å². The summed E-state index contributed by atoms with van der Waals surface area (Å²) in [5.74, 6) is 0. The second kappa shape index (κ2) is 6.71. The number of benzene rings is 1. The molecule has 0 radical (unpaired) electrons. The number of hydrogen-bond donors (Lipinski definition) is 0. The van der Waals surface area contributed by atoms with Crippen molar-refractivity contribution in [2.75, 3.05) is 25.0 Å². The van der Waals surface area contributed by atoms with Crippen LogP contribution in [0.25, 0.3) is 10.2 Å². The van der Waals surface area contributed by atoms with Gasteiger partial charge >= 0.3 is 6.09 Å². The van der Waals surface area contributed by atoms with E-state index in [2.05, 4.69) is 4.98 Å². The second-order valence-corrected chi connectivity index (χ2v) is 8.39. The van der Waals surface area contributed by atoms with E-state index in [0.29, 0.717) is 18.6 Å². The molecule has 1 saturated heterocycles. The molecule has 26 heavy (non-hydrogen) atoms. The van der Waals surface area contributed by atoms with E-state index in [4.69, 9.17) is 4.74 Å². The largest absolute Gasteiger partial charge is 0.444 e. The second-order valence-electron chi connectivity index (χ2n) is 7.39. The van der Waals surface area contributed by atoms with Gasteiger partial charge in [-0.25, -0.2) is 9.78 Å².